The molecule has 1 saturated carbocycles. The molecule has 26 heavy (non-hydrogen) atoms. The number of nitrogens with one attached hydrogen (secondary N) is 1. The summed E-state index contributed by atoms with van der Waals surface area (Å²) in [6, 6.07) is 6.84. The molecule has 3 rings (SSSR count). The Morgan fingerprint density at radius 3 is 2.81 bits per heavy atom. The van der Waals surface area contributed by atoms with Crippen molar-refractivity contribution >= 4 is 11.6 Å². The normalized spacial score (nSPS) is 20.9. The number of nitrogens with zero attached hydrogens (tertiary/aromatic N) is 1. The van der Waals surface area contributed by atoms with Crippen molar-refractivity contribution in [1.29, 1.82) is 0 Å². The van der Waals surface area contributed by atoms with E-state index in [1.807, 2.05) is 6.07 Å². The minimum atomic E-state index is 0.236. The quantitative estimate of drug-likeness (QED) is 0.690. The van der Waals surface area contributed by atoms with Crippen LogP contribution >= 0.6 is 0 Å². The summed E-state index contributed by atoms with van der Waals surface area (Å²) >= 11 is 0. The maximum absolute atomic E-state index is 13.0. The van der Waals surface area contributed by atoms with Crippen LogP contribution in [0.5, 0.6) is 0 Å². The highest BCUT2D eigenvalue weighted by Gasteiger charge is 2.30. The molecular weight excluding hydrogens is 322 g/mol. The summed E-state index contributed by atoms with van der Waals surface area (Å²) in [4.78, 5) is 15.2. The zero-order chi connectivity index (χ0) is 18.5. The number of hydrogen-bond donors (Lipinski definition) is 2. The van der Waals surface area contributed by atoms with Gasteiger partial charge >= 0.3 is 0 Å². The molecule has 2 aliphatic carbocycles. The number of rotatable bonds is 8. The van der Waals surface area contributed by atoms with Crippen molar-refractivity contribution in [2.75, 3.05) is 18.8 Å². The van der Waals surface area contributed by atoms with E-state index in [-0.39, 0.29) is 12.0 Å². The number of nitrogen functional groups attached to an aromatic ring is 1. The number of amides is 1. The van der Waals surface area contributed by atoms with E-state index in [0.29, 0.717) is 11.9 Å². The van der Waals surface area contributed by atoms with E-state index in [2.05, 4.69) is 36.2 Å². The van der Waals surface area contributed by atoms with E-state index in [4.69, 9.17) is 5.73 Å². The lowest BCUT2D eigenvalue weighted by atomic mass is 10.0. The molecule has 3 N–H and O–H groups in total. The summed E-state index contributed by atoms with van der Waals surface area (Å²) < 4.78 is 0. The van der Waals surface area contributed by atoms with E-state index in [1.54, 1.807) is 0 Å². The minimum absolute atomic E-state index is 0.236. The van der Waals surface area contributed by atoms with Gasteiger partial charge in [0.25, 0.3) is 0 Å². The Morgan fingerprint density at radius 2 is 2.08 bits per heavy atom. The highest BCUT2D eigenvalue weighted by atomic mass is 16.2. The summed E-state index contributed by atoms with van der Waals surface area (Å²) in [5.74, 6) is 0.655. The molecule has 0 aliphatic heterocycles. The molecule has 0 aromatic heterocycles. The molecule has 0 saturated heterocycles. The zero-order valence-electron chi connectivity index (χ0n) is 16.5. The lowest BCUT2D eigenvalue weighted by molar-refractivity contribution is -0.137. The van der Waals surface area contributed by atoms with Crippen LogP contribution in [-0.4, -0.2) is 29.9 Å². The molecule has 2 atom stereocenters. The second-order valence-electron chi connectivity index (χ2n) is 8.13. The van der Waals surface area contributed by atoms with Gasteiger partial charge in [0.2, 0.25) is 5.91 Å². The number of carbonyl (C=O) groups is 1. The third-order valence-corrected chi connectivity index (χ3v) is 6.24. The average Bonchev–Trinajstić information content (AvgIpc) is 3.31. The van der Waals surface area contributed by atoms with Crippen molar-refractivity contribution in [2.45, 2.75) is 77.3 Å². The van der Waals surface area contributed by atoms with Crippen LogP contribution in [0.3, 0.4) is 0 Å². The lowest BCUT2D eigenvalue weighted by Gasteiger charge is -2.32. The van der Waals surface area contributed by atoms with Gasteiger partial charge in [-0.25, -0.2) is 0 Å². The van der Waals surface area contributed by atoms with Crippen molar-refractivity contribution in [3.05, 3.63) is 29.3 Å². The number of hydrogen-bond acceptors (Lipinski definition) is 3. The molecular formula is C22H35N3O. The van der Waals surface area contributed by atoms with Crippen molar-refractivity contribution in [1.82, 2.24) is 10.2 Å². The highest BCUT2D eigenvalue weighted by molar-refractivity contribution is 5.79. The molecule has 1 amide bonds. The van der Waals surface area contributed by atoms with Crippen molar-refractivity contribution in [3.8, 4) is 0 Å². The summed E-state index contributed by atoms with van der Waals surface area (Å²) in [5.41, 5.74) is 9.69. The second kappa shape index (κ2) is 8.90. The second-order valence-corrected chi connectivity index (χ2v) is 8.13. The highest BCUT2D eigenvalue weighted by Crippen LogP contribution is 2.34. The van der Waals surface area contributed by atoms with Gasteiger partial charge in [-0.15, -0.1) is 0 Å². The van der Waals surface area contributed by atoms with Gasteiger partial charge in [-0.1, -0.05) is 38.3 Å². The first kappa shape index (κ1) is 19.2. The number of carbonyl (C=O) groups excluding carboxylic acids is 1. The predicted molar refractivity (Wildman–Crippen MR) is 108 cm³/mol. The maximum Gasteiger partial charge on any atom is 0.225 e. The summed E-state index contributed by atoms with van der Waals surface area (Å²) in [7, 11) is 0. The van der Waals surface area contributed by atoms with E-state index in [9.17, 15) is 4.79 Å². The Morgan fingerprint density at radius 1 is 1.31 bits per heavy atom. The van der Waals surface area contributed by atoms with Crippen LogP contribution < -0.4 is 11.1 Å². The monoisotopic (exact) mass is 357 g/mol. The first-order valence-electron chi connectivity index (χ1n) is 10.5. The van der Waals surface area contributed by atoms with E-state index in [1.165, 1.54) is 24.0 Å². The Hall–Kier alpha value is -1.55. The number of nitrogens with two attached hydrogens (primary N) is 1. The predicted octanol–water partition coefficient (Wildman–Crippen LogP) is 4.05. The molecule has 0 bridgehead atoms. The largest absolute Gasteiger partial charge is 0.398 e. The van der Waals surface area contributed by atoms with Crippen molar-refractivity contribution in [3.63, 3.8) is 0 Å². The molecule has 1 aromatic carbocycles. The number of unbranched alkanes of at least 4 members (excludes halogenated alkanes) is 1. The van der Waals surface area contributed by atoms with Crippen LogP contribution in [0.2, 0.25) is 0 Å². The molecule has 4 nitrogen and oxygen atoms in total. The summed E-state index contributed by atoms with van der Waals surface area (Å²) in [6.45, 7) is 6.13. The Kier molecular flexibility index (Phi) is 6.58. The van der Waals surface area contributed by atoms with Gasteiger partial charge in [0.05, 0.1) is 0 Å². The minimum Gasteiger partial charge on any atom is -0.398 e. The number of fused-ring (bicyclic) bond motifs is 1. The van der Waals surface area contributed by atoms with Crippen LogP contribution in [0.15, 0.2) is 18.2 Å². The van der Waals surface area contributed by atoms with Crippen LogP contribution in [0, 0.1) is 5.92 Å². The Labute approximate surface area is 158 Å². The zero-order valence-corrected chi connectivity index (χ0v) is 16.5. The Balaban J connectivity index is 1.60. The average molecular weight is 358 g/mol. The lowest BCUT2D eigenvalue weighted by Crippen LogP contribution is -2.47. The first-order valence-corrected chi connectivity index (χ1v) is 10.5. The SMILES string of the molecule is CCCCN(C(=O)C1CCCC1)[C@@H](C)CNC1CCc2c(N)cccc21. The molecule has 4 heteroatoms. The standard InChI is InChI=1S/C22H35N3O/c1-3-4-14-25(22(26)17-8-5-6-9-17)16(2)15-24-21-13-12-18-19(21)10-7-11-20(18)23/h7,10-11,16-17,21,24H,3-6,8-9,12-15,23H2,1-2H3/t16-,21?/m0/s1. The van der Waals surface area contributed by atoms with Gasteiger partial charge in [0.1, 0.15) is 0 Å². The molecule has 1 unspecified atom stereocenters. The fourth-order valence-electron chi connectivity index (χ4n) is 4.60. The van der Waals surface area contributed by atoms with Gasteiger partial charge in [0.15, 0.2) is 0 Å². The molecule has 0 heterocycles. The Bertz CT molecular complexity index is 609. The smallest absolute Gasteiger partial charge is 0.225 e. The molecule has 1 aromatic rings. The third kappa shape index (κ3) is 4.22. The summed E-state index contributed by atoms with van der Waals surface area (Å²) in [6.07, 6.45) is 8.95. The van der Waals surface area contributed by atoms with Crippen LogP contribution in [0.25, 0.3) is 0 Å². The van der Waals surface area contributed by atoms with Crippen molar-refractivity contribution in [2.24, 2.45) is 5.92 Å². The van der Waals surface area contributed by atoms with Crippen molar-refractivity contribution < 1.29 is 4.79 Å². The molecule has 0 spiro atoms. The topological polar surface area (TPSA) is 58.4 Å². The molecule has 144 valence electrons. The van der Waals surface area contributed by atoms with Crippen LogP contribution in [0.4, 0.5) is 5.69 Å². The molecule has 0 radical (unpaired) electrons. The third-order valence-electron chi connectivity index (χ3n) is 6.24. The molecule has 2 aliphatic rings. The van der Waals surface area contributed by atoms with E-state index >= 15 is 0 Å². The van der Waals surface area contributed by atoms with Crippen LogP contribution in [-0.2, 0) is 11.2 Å². The summed E-state index contributed by atoms with van der Waals surface area (Å²) in [5, 5.41) is 3.72. The molecule has 1 fully saturated rings. The van der Waals surface area contributed by atoms with E-state index < -0.39 is 0 Å². The van der Waals surface area contributed by atoms with Gasteiger partial charge in [-0.3, -0.25) is 4.79 Å². The fraction of sp³-hybridized carbons (Fsp3) is 0.682. The fourth-order valence-corrected chi connectivity index (χ4v) is 4.60. The van der Waals surface area contributed by atoms with E-state index in [0.717, 1.165) is 57.3 Å². The van der Waals surface area contributed by atoms with Crippen LogP contribution in [0.1, 0.15) is 76.0 Å². The van der Waals surface area contributed by atoms with Gasteiger partial charge in [-0.05, 0) is 56.2 Å². The maximum atomic E-state index is 13.0. The number of anilines is 1. The van der Waals surface area contributed by atoms with Gasteiger partial charge < -0.3 is 16.0 Å². The number of benzene rings is 1. The van der Waals surface area contributed by atoms with Gasteiger partial charge in [0, 0.05) is 36.8 Å². The first-order chi connectivity index (χ1) is 12.6. The van der Waals surface area contributed by atoms with Gasteiger partial charge in [-0.2, -0.15) is 0 Å².